The molecule has 2 fully saturated rings. The number of rotatable bonds is 5. The van der Waals surface area contributed by atoms with Gasteiger partial charge in [0.25, 0.3) is 5.91 Å². The summed E-state index contributed by atoms with van der Waals surface area (Å²) < 4.78 is 5.53. The molecular formula is C23H27N3O3. The Bertz CT molecular complexity index is 910. The van der Waals surface area contributed by atoms with Crippen molar-refractivity contribution >= 4 is 11.9 Å². The summed E-state index contributed by atoms with van der Waals surface area (Å²) in [7, 11) is 0. The van der Waals surface area contributed by atoms with Crippen molar-refractivity contribution in [2.75, 3.05) is 6.61 Å². The maximum absolute atomic E-state index is 13.6. The van der Waals surface area contributed by atoms with Crippen LogP contribution in [0.25, 0.3) is 0 Å². The quantitative estimate of drug-likeness (QED) is 0.729. The van der Waals surface area contributed by atoms with Gasteiger partial charge in [-0.15, -0.1) is 0 Å². The van der Waals surface area contributed by atoms with Crippen LogP contribution in [0.15, 0.2) is 36.7 Å². The van der Waals surface area contributed by atoms with Gasteiger partial charge >= 0.3 is 5.97 Å². The van der Waals surface area contributed by atoms with E-state index in [0.29, 0.717) is 36.4 Å². The first-order chi connectivity index (χ1) is 14.0. The third-order valence-electron chi connectivity index (χ3n) is 6.46. The number of nitrogens with zero attached hydrogens (tertiary/aromatic N) is 3. The van der Waals surface area contributed by atoms with E-state index in [0.717, 1.165) is 18.4 Å². The van der Waals surface area contributed by atoms with Gasteiger partial charge in [-0.3, -0.25) is 9.59 Å². The third kappa shape index (κ3) is 3.20. The average molecular weight is 393 g/mol. The van der Waals surface area contributed by atoms with Crippen LogP contribution in [0, 0.1) is 19.3 Å². The second-order valence-electron chi connectivity index (χ2n) is 8.12. The van der Waals surface area contributed by atoms with Gasteiger partial charge in [0.05, 0.1) is 29.0 Å². The minimum absolute atomic E-state index is 0.0413. The van der Waals surface area contributed by atoms with E-state index in [4.69, 9.17) is 4.74 Å². The van der Waals surface area contributed by atoms with E-state index < -0.39 is 5.41 Å². The summed E-state index contributed by atoms with van der Waals surface area (Å²) in [4.78, 5) is 37.2. The molecule has 0 radical (unpaired) electrons. The number of aromatic nitrogens is 2. The minimum atomic E-state index is -0.701. The largest absolute Gasteiger partial charge is 0.465 e. The van der Waals surface area contributed by atoms with Crippen LogP contribution in [0.5, 0.6) is 0 Å². The Balaban J connectivity index is 1.72. The minimum Gasteiger partial charge on any atom is -0.465 e. The van der Waals surface area contributed by atoms with Crippen molar-refractivity contribution in [3.05, 3.63) is 59.2 Å². The van der Waals surface area contributed by atoms with E-state index in [9.17, 15) is 9.59 Å². The standard InChI is InChI=1S/C23H27N3O3/c1-4-29-22(28)23(12-17-8-6-5-7-9-17)13-18-10-11-19(23)26(18)21(27)20-15(2)24-14-25-16(20)3/h5-9,14,18-19H,4,10-13H2,1-3H3/t18-,19+,23+/m1/s1. The number of amides is 1. The van der Waals surface area contributed by atoms with Crippen molar-refractivity contribution in [1.29, 1.82) is 0 Å². The molecule has 2 aromatic rings. The van der Waals surface area contributed by atoms with Gasteiger partial charge in [0.1, 0.15) is 6.33 Å². The second kappa shape index (κ2) is 7.58. The van der Waals surface area contributed by atoms with Gasteiger partial charge in [-0.25, -0.2) is 9.97 Å². The molecule has 0 spiro atoms. The van der Waals surface area contributed by atoms with Crippen LogP contribution in [0.3, 0.4) is 0 Å². The van der Waals surface area contributed by atoms with Crippen LogP contribution in [0.2, 0.25) is 0 Å². The highest BCUT2D eigenvalue weighted by Gasteiger charge is 2.62. The van der Waals surface area contributed by atoms with Crippen LogP contribution < -0.4 is 0 Å². The molecule has 2 bridgehead atoms. The lowest BCUT2D eigenvalue weighted by molar-refractivity contribution is -0.157. The predicted octanol–water partition coefficient (Wildman–Crippen LogP) is 3.26. The van der Waals surface area contributed by atoms with E-state index in [-0.39, 0.29) is 24.0 Å². The molecule has 0 aliphatic carbocycles. The number of fused-ring (bicyclic) bond motifs is 2. The fourth-order valence-corrected chi connectivity index (χ4v) is 5.24. The van der Waals surface area contributed by atoms with E-state index in [2.05, 4.69) is 9.97 Å². The SMILES string of the molecule is CCOC(=O)[C@@]1(Cc2ccccc2)C[C@H]2CC[C@@H]1N2C(=O)c1c(C)ncnc1C. The van der Waals surface area contributed by atoms with Crippen molar-refractivity contribution in [2.45, 2.75) is 58.5 Å². The molecule has 4 rings (SSSR count). The lowest BCUT2D eigenvalue weighted by Gasteiger charge is -2.35. The maximum Gasteiger partial charge on any atom is 0.314 e. The fourth-order valence-electron chi connectivity index (χ4n) is 5.24. The predicted molar refractivity (Wildman–Crippen MR) is 108 cm³/mol. The maximum atomic E-state index is 13.6. The van der Waals surface area contributed by atoms with Gasteiger partial charge in [0, 0.05) is 12.1 Å². The number of benzene rings is 1. The molecule has 3 atom stereocenters. The molecule has 0 N–H and O–H groups in total. The molecule has 2 aliphatic heterocycles. The molecule has 2 aliphatic rings. The highest BCUT2D eigenvalue weighted by molar-refractivity contribution is 5.98. The van der Waals surface area contributed by atoms with Crippen LogP contribution in [0.1, 0.15) is 53.5 Å². The number of carbonyl (C=O) groups excluding carboxylic acids is 2. The van der Waals surface area contributed by atoms with Gasteiger partial charge in [-0.1, -0.05) is 30.3 Å². The Morgan fingerprint density at radius 3 is 2.48 bits per heavy atom. The number of ether oxygens (including phenoxy) is 1. The summed E-state index contributed by atoms with van der Waals surface area (Å²) in [6, 6.07) is 9.89. The summed E-state index contributed by atoms with van der Waals surface area (Å²) in [5.74, 6) is -0.251. The number of carbonyl (C=O) groups is 2. The molecule has 1 aromatic carbocycles. The van der Waals surface area contributed by atoms with Crippen molar-refractivity contribution in [2.24, 2.45) is 5.41 Å². The fraction of sp³-hybridized carbons (Fsp3) is 0.478. The van der Waals surface area contributed by atoms with Crippen LogP contribution in [0.4, 0.5) is 0 Å². The summed E-state index contributed by atoms with van der Waals surface area (Å²) in [6.07, 6.45) is 4.44. The Kier molecular flexibility index (Phi) is 5.11. The number of hydrogen-bond acceptors (Lipinski definition) is 5. The van der Waals surface area contributed by atoms with Crippen LogP contribution >= 0.6 is 0 Å². The Morgan fingerprint density at radius 1 is 1.14 bits per heavy atom. The summed E-state index contributed by atoms with van der Waals surface area (Å²) >= 11 is 0. The smallest absolute Gasteiger partial charge is 0.314 e. The number of hydrogen-bond donors (Lipinski definition) is 0. The molecular weight excluding hydrogens is 366 g/mol. The lowest BCUT2D eigenvalue weighted by Crippen LogP contribution is -2.47. The summed E-state index contributed by atoms with van der Waals surface area (Å²) in [6.45, 7) is 5.84. The van der Waals surface area contributed by atoms with Crippen molar-refractivity contribution in [1.82, 2.24) is 14.9 Å². The first-order valence-corrected chi connectivity index (χ1v) is 10.3. The zero-order valence-electron chi connectivity index (χ0n) is 17.2. The Hall–Kier alpha value is -2.76. The molecule has 1 aromatic heterocycles. The molecule has 1 amide bonds. The Labute approximate surface area is 171 Å². The second-order valence-corrected chi connectivity index (χ2v) is 8.12. The molecule has 3 heterocycles. The van der Waals surface area contributed by atoms with Gasteiger partial charge in [-0.05, 0) is 52.0 Å². The summed E-state index contributed by atoms with van der Waals surface area (Å²) in [5.41, 5.74) is 2.31. The summed E-state index contributed by atoms with van der Waals surface area (Å²) in [5, 5.41) is 0. The van der Waals surface area contributed by atoms with Gasteiger partial charge in [0.2, 0.25) is 0 Å². The molecule has 2 saturated heterocycles. The molecule has 6 nitrogen and oxygen atoms in total. The van der Waals surface area contributed by atoms with Crippen molar-refractivity contribution in [3.63, 3.8) is 0 Å². The first-order valence-electron chi connectivity index (χ1n) is 10.3. The normalized spacial score (nSPS) is 25.3. The van der Waals surface area contributed by atoms with Crippen LogP contribution in [-0.2, 0) is 16.0 Å². The molecule has 6 heteroatoms. The van der Waals surface area contributed by atoms with E-state index in [1.165, 1.54) is 6.33 Å². The topological polar surface area (TPSA) is 72.4 Å². The van der Waals surface area contributed by atoms with E-state index in [1.807, 2.05) is 56.0 Å². The number of aryl methyl sites for hydroxylation is 2. The monoisotopic (exact) mass is 393 g/mol. The van der Waals surface area contributed by atoms with E-state index in [1.54, 1.807) is 0 Å². The van der Waals surface area contributed by atoms with Gasteiger partial charge in [-0.2, -0.15) is 0 Å². The molecule has 0 unspecified atom stereocenters. The Morgan fingerprint density at radius 2 is 1.83 bits per heavy atom. The molecule has 0 saturated carbocycles. The molecule has 152 valence electrons. The highest BCUT2D eigenvalue weighted by atomic mass is 16.5. The third-order valence-corrected chi connectivity index (χ3v) is 6.46. The zero-order valence-corrected chi connectivity index (χ0v) is 17.2. The molecule has 29 heavy (non-hydrogen) atoms. The van der Waals surface area contributed by atoms with Crippen LogP contribution in [-0.4, -0.2) is 45.4 Å². The van der Waals surface area contributed by atoms with Crippen molar-refractivity contribution < 1.29 is 14.3 Å². The number of esters is 1. The zero-order chi connectivity index (χ0) is 20.6. The van der Waals surface area contributed by atoms with Gasteiger partial charge < -0.3 is 9.64 Å². The lowest BCUT2D eigenvalue weighted by atomic mass is 9.70. The van der Waals surface area contributed by atoms with Crippen molar-refractivity contribution in [3.8, 4) is 0 Å². The highest BCUT2D eigenvalue weighted by Crippen LogP contribution is 2.52. The first kappa shape index (κ1) is 19.6. The van der Waals surface area contributed by atoms with Gasteiger partial charge in [0.15, 0.2) is 0 Å². The average Bonchev–Trinajstić information content (AvgIpc) is 3.25. The van der Waals surface area contributed by atoms with E-state index >= 15 is 0 Å².